The summed E-state index contributed by atoms with van der Waals surface area (Å²) in [5, 5.41) is 5.50. The van der Waals surface area contributed by atoms with Crippen LogP contribution in [-0.2, 0) is 13.1 Å². The molecule has 0 radical (unpaired) electrons. The van der Waals surface area contributed by atoms with Gasteiger partial charge in [-0.1, -0.05) is 6.92 Å². The molecule has 0 spiro atoms. The van der Waals surface area contributed by atoms with Crippen molar-refractivity contribution in [3.8, 4) is 0 Å². The molecule has 0 atom stereocenters. The van der Waals surface area contributed by atoms with E-state index in [-0.39, 0.29) is 0 Å². The molecule has 0 unspecified atom stereocenters. The Kier molecular flexibility index (Phi) is 6.14. The first-order valence-electron chi connectivity index (χ1n) is 7.06. The SMILES string of the molecule is CCCNc1cc(C)nc(CN(C)Cc2csc(Br)c2)n1. The van der Waals surface area contributed by atoms with E-state index in [1.807, 2.05) is 13.0 Å². The van der Waals surface area contributed by atoms with Crippen LogP contribution in [0.15, 0.2) is 21.3 Å². The van der Waals surface area contributed by atoms with Crippen LogP contribution in [0.2, 0.25) is 0 Å². The van der Waals surface area contributed by atoms with Gasteiger partial charge >= 0.3 is 0 Å². The van der Waals surface area contributed by atoms with Crippen LogP contribution in [0, 0.1) is 6.92 Å². The van der Waals surface area contributed by atoms with Crippen LogP contribution >= 0.6 is 27.3 Å². The van der Waals surface area contributed by atoms with Crippen LogP contribution in [0.1, 0.15) is 30.4 Å². The number of nitrogens with one attached hydrogen (secondary N) is 1. The maximum atomic E-state index is 4.59. The van der Waals surface area contributed by atoms with Crippen LogP contribution in [0.25, 0.3) is 0 Å². The number of hydrogen-bond acceptors (Lipinski definition) is 5. The van der Waals surface area contributed by atoms with Gasteiger partial charge in [0.05, 0.1) is 10.3 Å². The van der Waals surface area contributed by atoms with E-state index in [0.717, 1.165) is 43.4 Å². The summed E-state index contributed by atoms with van der Waals surface area (Å²) in [4.78, 5) is 11.3. The first-order valence-corrected chi connectivity index (χ1v) is 8.74. The zero-order valence-electron chi connectivity index (χ0n) is 12.7. The van der Waals surface area contributed by atoms with Crippen molar-refractivity contribution in [1.82, 2.24) is 14.9 Å². The first-order chi connectivity index (χ1) is 10.1. The predicted molar refractivity (Wildman–Crippen MR) is 92.7 cm³/mol. The fourth-order valence-corrected chi connectivity index (χ4v) is 3.28. The molecule has 2 aromatic heterocycles. The highest BCUT2D eigenvalue weighted by molar-refractivity contribution is 9.11. The molecule has 2 rings (SSSR count). The molecule has 0 aliphatic rings. The smallest absolute Gasteiger partial charge is 0.144 e. The Hall–Kier alpha value is -0.980. The van der Waals surface area contributed by atoms with Gasteiger partial charge in [0.1, 0.15) is 11.6 Å². The van der Waals surface area contributed by atoms with Gasteiger partial charge in [0.25, 0.3) is 0 Å². The van der Waals surface area contributed by atoms with E-state index in [4.69, 9.17) is 0 Å². The number of aromatic nitrogens is 2. The number of hydrogen-bond donors (Lipinski definition) is 1. The fraction of sp³-hybridized carbons (Fsp3) is 0.467. The number of rotatable bonds is 7. The van der Waals surface area contributed by atoms with Gasteiger partial charge in [-0.2, -0.15) is 0 Å². The highest BCUT2D eigenvalue weighted by atomic mass is 79.9. The van der Waals surface area contributed by atoms with Gasteiger partial charge in [-0.25, -0.2) is 9.97 Å². The second-order valence-electron chi connectivity index (χ2n) is 5.17. The Balaban J connectivity index is 1.99. The van der Waals surface area contributed by atoms with Gasteiger partial charge in [0, 0.05) is 24.8 Å². The normalized spacial score (nSPS) is 11.1. The number of anilines is 1. The predicted octanol–water partition coefficient (Wildman–Crippen LogP) is 4.06. The zero-order valence-corrected chi connectivity index (χ0v) is 15.1. The largest absolute Gasteiger partial charge is 0.370 e. The molecule has 2 heterocycles. The fourth-order valence-electron chi connectivity index (χ4n) is 2.08. The van der Waals surface area contributed by atoms with Gasteiger partial charge in [0.2, 0.25) is 0 Å². The van der Waals surface area contributed by atoms with Crippen molar-refractivity contribution in [2.24, 2.45) is 0 Å². The Morgan fingerprint density at radius 1 is 1.29 bits per heavy atom. The minimum absolute atomic E-state index is 0.746. The average molecular weight is 369 g/mol. The van der Waals surface area contributed by atoms with Crippen LogP contribution < -0.4 is 5.32 Å². The molecule has 0 fully saturated rings. The van der Waals surface area contributed by atoms with Gasteiger partial charge in [-0.05, 0) is 53.3 Å². The minimum Gasteiger partial charge on any atom is -0.370 e. The highest BCUT2D eigenvalue weighted by Crippen LogP contribution is 2.21. The number of halogens is 1. The van der Waals surface area contributed by atoms with E-state index in [1.165, 1.54) is 9.35 Å². The van der Waals surface area contributed by atoms with Crippen molar-refractivity contribution in [3.63, 3.8) is 0 Å². The lowest BCUT2D eigenvalue weighted by molar-refractivity contribution is 0.311. The second kappa shape index (κ2) is 7.87. The van der Waals surface area contributed by atoms with Gasteiger partial charge in [-0.15, -0.1) is 11.3 Å². The van der Waals surface area contributed by atoms with Gasteiger partial charge in [-0.3, -0.25) is 4.90 Å². The number of thiophene rings is 1. The molecular weight excluding hydrogens is 348 g/mol. The van der Waals surface area contributed by atoms with Crippen molar-refractivity contribution >= 4 is 33.1 Å². The number of aryl methyl sites for hydroxylation is 1. The first kappa shape index (κ1) is 16.4. The molecule has 0 saturated carbocycles. The van der Waals surface area contributed by atoms with Crippen molar-refractivity contribution in [1.29, 1.82) is 0 Å². The Morgan fingerprint density at radius 2 is 2.10 bits per heavy atom. The average Bonchev–Trinajstić information content (AvgIpc) is 2.80. The van der Waals surface area contributed by atoms with Gasteiger partial charge < -0.3 is 5.32 Å². The summed E-state index contributed by atoms with van der Waals surface area (Å²) in [5.41, 5.74) is 2.32. The van der Waals surface area contributed by atoms with E-state index >= 15 is 0 Å². The molecule has 0 aliphatic carbocycles. The van der Waals surface area contributed by atoms with E-state index in [2.05, 4.69) is 61.5 Å². The second-order valence-corrected chi connectivity index (χ2v) is 7.46. The summed E-state index contributed by atoms with van der Waals surface area (Å²) in [5.74, 6) is 1.79. The molecule has 0 saturated heterocycles. The monoisotopic (exact) mass is 368 g/mol. The van der Waals surface area contributed by atoms with Crippen LogP contribution in [0.3, 0.4) is 0 Å². The Morgan fingerprint density at radius 3 is 2.76 bits per heavy atom. The van der Waals surface area contributed by atoms with Crippen molar-refractivity contribution in [2.75, 3.05) is 18.9 Å². The minimum atomic E-state index is 0.746. The van der Waals surface area contributed by atoms with Gasteiger partial charge in [0.15, 0.2) is 0 Å². The standard InChI is InChI=1S/C15H21BrN4S/c1-4-5-17-14-6-11(2)18-15(19-14)9-20(3)8-12-7-13(16)21-10-12/h6-7,10H,4-5,8-9H2,1-3H3,(H,17,18,19). The molecule has 0 amide bonds. The zero-order chi connectivity index (χ0) is 15.2. The van der Waals surface area contributed by atoms with Crippen molar-refractivity contribution in [3.05, 3.63) is 38.4 Å². The van der Waals surface area contributed by atoms with E-state index in [9.17, 15) is 0 Å². The van der Waals surface area contributed by atoms with Crippen molar-refractivity contribution < 1.29 is 0 Å². The van der Waals surface area contributed by atoms with Crippen LogP contribution in [0.4, 0.5) is 5.82 Å². The molecule has 21 heavy (non-hydrogen) atoms. The summed E-state index contributed by atoms with van der Waals surface area (Å²) >= 11 is 5.21. The van der Waals surface area contributed by atoms with E-state index in [1.54, 1.807) is 11.3 Å². The summed E-state index contributed by atoms with van der Waals surface area (Å²) in [7, 11) is 2.09. The van der Waals surface area contributed by atoms with E-state index in [0.29, 0.717) is 0 Å². The molecule has 114 valence electrons. The highest BCUT2D eigenvalue weighted by Gasteiger charge is 2.07. The van der Waals surface area contributed by atoms with Crippen LogP contribution in [0.5, 0.6) is 0 Å². The summed E-state index contributed by atoms with van der Waals surface area (Å²) in [6, 6.07) is 4.15. The quantitative estimate of drug-likeness (QED) is 0.799. The molecule has 0 bridgehead atoms. The lowest BCUT2D eigenvalue weighted by atomic mass is 10.3. The third kappa shape index (κ3) is 5.37. The lowest BCUT2D eigenvalue weighted by Crippen LogP contribution is -2.19. The maximum Gasteiger partial charge on any atom is 0.144 e. The lowest BCUT2D eigenvalue weighted by Gasteiger charge is -2.16. The molecular formula is C15H21BrN4S. The third-order valence-corrected chi connectivity index (χ3v) is 4.50. The molecule has 2 aromatic rings. The molecule has 1 N–H and O–H groups in total. The molecule has 0 aromatic carbocycles. The summed E-state index contributed by atoms with van der Waals surface area (Å²) in [6.07, 6.45) is 1.09. The maximum absolute atomic E-state index is 4.59. The molecule has 0 aliphatic heterocycles. The molecule has 6 heteroatoms. The summed E-state index contributed by atoms with van der Waals surface area (Å²) in [6.45, 7) is 6.74. The van der Waals surface area contributed by atoms with E-state index < -0.39 is 0 Å². The Bertz CT molecular complexity index is 585. The third-order valence-electron chi connectivity index (χ3n) is 2.94. The van der Waals surface area contributed by atoms with Crippen molar-refractivity contribution in [2.45, 2.75) is 33.4 Å². The topological polar surface area (TPSA) is 41.1 Å². The number of nitrogens with zero attached hydrogens (tertiary/aromatic N) is 3. The Labute approximate surface area is 138 Å². The molecule has 4 nitrogen and oxygen atoms in total. The van der Waals surface area contributed by atoms with Crippen LogP contribution in [-0.4, -0.2) is 28.5 Å². The summed E-state index contributed by atoms with van der Waals surface area (Å²) < 4.78 is 1.17.